The van der Waals surface area contributed by atoms with Gasteiger partial charge in [0.1, 0.15) is 18.1 Å². The number of rotatable bonds is 7. The van der Waals surface area contributed by atoms with Crippen LogP contribution in [-0.4, -0.2) is 40.9 Å². The first kappa shape index (κ1) is 23.3. The Morgan fingerprint density at radius 3 is 2.28 bits per heavy atom. The van der Waals surface area contributed by atoms with E-state index in [0.717, 1.165) is 30.7 Å². The molecule has 182 valence electrons. The normalized spacial score (nSPS) is 14.8. The van der Waals surface area contributed by atoms with E-state index in [1.807, 2.05) is 60.7 Å². The van der Waals surface area contributed by atoms with Gasteiger partial charge < -0.3 is 9.47 Å². The second-order valence-corrected chi connectivity index (χ2v) is 8.39. The molecule has 1 unspecified atom stereocenters. The van der Waals surface area contributed by atoms with Crippen molar-refractivity contribution in [2.75, 3.05) is 13.2 Å². The molecule has 1 saturated heterocycles. The highest BCUT2D eigenvalue weighted by Gasteiger charge is 2.21. The van der Waals surface area contributed by atoms with Crippen LogP contribution in [-0.2, 0) is 4.74 Å². The predicted molar refractivity (Wildman–Crippen MR) is 135 cm³/mol. The molecule has 4 aromatic rings. The van der Waals surface area contributed by atoms with E-state index in [-0.39, 0.29) is 6.10 Å². The minimum absolute atomic E-state index is 0.0263. The summed E-state index contributed by atoms with van der Waals surface area (Å²) in [7, 11) is 0. The van der Waals surface area contributed by atoms with Crippen molar-refractivity contribution in [1.29, 1.82) is 0 Å². The van der Waals surface area contributed by atoms with Gasteiger partial charge in [-0.3, -0.25) is 20.4 Å². The van der Waals surface area contributed by atoms with Gasteiger partial charge in [-0.2, -0.15) is 5.10 Å². The molecule has 0 aliphatic carbocycles. The maximum atomic E-state index is 13.2. The SMILES string of the molecule is O=C(NNC(=O)c1cn(-c2ccccc2)nc1-c1ccccc1)c1ccccc1OCC1CCCO1. The van der Waals surface area contributed by atoms with Gasteiger partial charge in [-0.05, 0) is 37.1 Å². The van der Waals surface area contributed by atoms with Crippen molar-refractivity contribution in [1.82, 2.24) is 20.6 Å². The Morgan fingerprint density at radius 2 is 1.56 bits per heavy atom. The van der Waals surface area contributed by atoms with E-state index in [2.05, 4.69) is 16.0 Å². The first-order chi connectivity index (χ1) is 17.7. The average molecular weight is 483 g/mol. The number of hydrazine groups is 1. The van der Waals surface area contributed by atoms with Gasteiger partial charge in [0.25, 0.3) is 11.8 Å². The fourth-order valence-electron chi connectivity index (χ4n) is 4.05. The van der Waals surface area contributed by atoms with E-state index in [1.165, 1.54) is 0 Å². The third kappa shape index (κ3) is 5.29. The first-order valence-electron chi connectivity index (χ1n) is 11.8. The summed E-state index contributed by atoms with van der Waals surface area (Å²) in [6.07, 6.45) is 3.62. The van der Waals surface area contributed by atoms with Crippen LogP contribution in [0.4, 0.5) is 0 Å². The lowest BCUT2D eigenvalue weighted by Crippen LogP contribution is -2.41. The molecule has 1 aromatic heterocycles. The Hall–Kier alpha value is -4.43. The molecule has 36 heavy (non-hydrogen) atoms. The number of aromatic nitrogens is 2. The summed E-state index contributed by atoms with van der Waals surface area (Å²) in [4.78, 5) is 26.1. The van der Waals surface area contributed by atoms with E-state index in [4.69, 9.17) is 9.47 Å². The molecule has 1 aliphatic heterocycles. The molecule has 1 aliphatic rings. The van der Waals surface area contributed by atoms with Gasteiger partial charge in [0.2, 0.25) is 0 Å². The van der Waals surface area contributed by atoms with Crippen molar-refractivity contribution in [2.24, 2.45) is 0 Å². The molecule has 8 heteroatoms. The van der Waals surface area contributed by atoms with Crippen molar-refractivity contribution in [3.63, 3.8) is 0 Å². The molecule has 5 rings (SSSR count). The van der Waals surface area contributed by atoms with Crippen molar-refractivity contribution in [3.05, 3.63) is 102 Å². The zero-order chi connectivity index (χ0) is 24.7. The van der Waals surface area contributed by atoms with E-state index in [9.17, 15) is 9.59 Å². The third-order valence-corrected chi connectivity index (χ3v) is 5.90. The lowest BCUT2D eigenvalue weighted by atomic mass is 10.1. The van der Waals surface area contributed by atoms with Gasteiger partial charge >= 0.3 is 0 Å². The molecule has 1 fully saturated rings. The van der Waals surface area contributed by atoms with Gasteiger partial charge in [-0.15, -0.1) is 0 Å². The number of carbonyl (C=O) groups is 2. The minimum Gasteiger partial charge on any atom is -0.490 e. The first-order valence-corrected chi connectivity index (χ1v) is 11.8. The molecule has 3 aromatic carbocycles. The smallest absolute Gasteiger partial charge is 0.273 e. The Morgan fingerprint density at radius 1 is 0.889 bits per heavy atom. The molecule has 8 nitrogen and oxygen atoms in total. The Labute approximate surface area is 208 Å². The van der Waals surface area contributed by atoms with Gasteiger partial charge in [0.15, 0.2) is 0 Å². The monoisotopic (exact) mass is 482 g/mol. The van der Waals surface area contributed by atoms with Crippen LogP contribution >= 0.6 is 0 Å². The van der Waals surface area contributed by atoms with Crippen molar-refractivity contribution in [3.8, 4) is 22.7 Å². The van der Waals surface area contributed by atoms with E-state index >= 15 is 0 Å². The van der Waals surface area contributed by atoms with Crippen LogP contribution in [0, 0.1) is 0 Å². The van der Waals surface area contributed by atoms with Crippen LogP contribution in [0.25, 0.3) is 16.9 Å². The number of hydrogen-bond donors (Lipinski definition) is 2. The Kier molecular flexibility index (Phi) is 7.05. The molecule has 0 radical (unpaired) electrons. The van der Waals surface area contributed by atoms with Crippen LogP contribution in [0.3, 0.4) is 0 Å². The average Bonchev–Trinajstić information content (AvgIpc) is 3.62. The second kappa shape index (κ2) is 10.9. The molecule has 0 spiro atoms. The number of nitrogens with one attached hydrogen (secondary N) is 2. The number of hydrogen-bond acceptors (Lipinski definition) is 5. The number of carbonyl (C=O) groups excluding carboxylic acids is 2. The van der Waals surface area contributed by atoms with Gasteiger partial charge in [0.05, 0.1) is 22.9 Å². The molecule has 2 heterocycles. The summed E-state index contributed by atoms with van der Waals surface area (Å²) in [5, 5.41) is 4.64. The van der Waals surface area contributed by atoms with E-state index < -0.39 is 11.8 Å². The molecule has 0 saturated carbocycles. The third-order valence-electron chi connectivity index (χ3n) is 5.90. The number of para-hydroxylation sites is 2. The zero-order valence-corrected chi connectivity index (χ0v) is 19.6. The quantitative estimate of drug-likeness (QED) is 0.386. The number of nitrogens with zero attached hydrogens (tertiary/aromatic N) is 2. The Balaban J connectivity index is 1.32. The lowest BCUT2D eigenvalue weighted by molar-refractivity contribution is 0.0669. The van der Waals surface area contributed by atoms with Crippen LogP contribution in [0.5, 0.6) is 5.75 Å². The fourth-order valence-corrected chi connectivity index (χ4v) is 4.05. The number of amides is 2. The summed E-state index contributed by atoms with van der Waals surface area (Å²) in [6.45, 7) is 1.10. The number of ether oxygens (including phenoxy) is 2. The summed E-state index contributed by atoms with van der Waals surface area (Å²) >= 11 is 0. The van der Waals surface area contributed by atoms with Crippen LogP contribution in [0.15, 0.2) is 91.1 Å². The largest absolute Gasteiger partial charge is 0.490 e. The van der Waals surface area contributed by atoms with Crippen LogP contribution < -0.4 is 15.6 Å². The highest BCUT2D eigenvalue weighted by molar-refractivity contribution is 6.03. The molecular formula is C28H26N4O4. The van der Waals surface area contributed by atoms with Crippen LogP contribution in [0.2, 0.25) is 0 Å². The van der Waals surface area contributed by atoms with Gasteiger partial charge in [-0.1, -0.05) is 60.7 Å². The standard InChI is InChI=1S/C28H26N4O4/c33-27(23-15-7-8-16-25(23)36-19-22-14-9-17-35-22)29-30-28(34)24-18-32(21-12-5-2-6-13-21)31-26(24)20-10-3-1-4-11-20/h1-8,10-13,15-16,18,22H,9,14,17,19H2,(H,29,33)(H,30,34). The van der Waals surface area contributed by atoms with E-state index in [0.29, 0.717) is 29.2 Å². The molecule has 2 N–H and O–H groups in total. The predicted octanol–water partition coefficient (Wildman–Crippen LogP) is 4.17. The van der Waals surface area contributed by atoms with Crippen LogP contribution in [0.1, 0.15) is 33.6 Å². The van der Waals surface area contributed by atoms with Gasteiger partial charge in [-0.25, -0.2) is 4.68 Å². The summed E-state index contributed by atoms with van der Waals surface area (Å²) in [5.41, 5.74) is 7.79. The maximum absolute atomic E-state index is 13.2. The molecule has 1 atom stereocenters. The van der Waals surface area contributed by atoms with Crippen molar-refractivity contribution < 1.29 is 19.1 Å². The van der Waals surface area contributed by atoms with Crippen molar-refractivity contribution >= 4 is 11.8 Å². The summed E-state index contributed by atoms with van der Waals surface area (Å²) in [6, 6.07) is 25.9. The fraction of sp³-hybridized carbons (Fsp3) is 0.179. The summed E-state index contributed by atoms with van der Waals surface area (Å²) in [5.74, 6) is -0.535. The number of benzene rings is 3. The summed E-state index contributed by atoms with van der Waals surface area (Å²) < 4.78 is 13.1. The minimum atomic E-state index is -0.484. The van der Waals surface area contributed by atoms with Crippen molar-refractivity contribution in [2.45, 2.75) is 18.9 Å². The topological polar surface area (TPSA) is 94.5 Å². The zero-order valence-electron chi connectivity index (χ0n) is 19.6. The molecule has 2 amide bonds. The highest BCUT2D eigenvalue weighted by atomic mass is 16.5. The second-order valence-electron chi connectivity index (χ2n) is 8.39. The highest BCUT2D eigenvalue weighted by Crippen LogP contribution is 2.24. The maximum Gasteiger partial charge on any atom is 0.273 e. The van der Waals surface area contributed by atoms with E-state index in [1.54, 1.807) is 35.1 Å². The lowest BCUT2D eigenvalue weighted by Gasteiger charge is -2.14. The molecule has 0 bridgehead atoms. The molecular weight excluding hydrogens is 456 g/mol. The van der Waals surface area contributed by atoms with Gasteiger partial charge in [0, 0.05) is 18.4 Å². The Bertz CT molecular complexity index is 1330.